The van der Waals surface area contributed by atoms with E-state index in [1.54, 1.807) is 12.1 Å². The first kappa shape index (κ1) is 17.9. The van der Waals surface area contributed by atoms with E-state index in [1.807, 2.05) is 12.1 Å². The van der Waals surface area contributed by atoms with Crippen molar-refractivity contribution >= 4 is 0 Å². The van der Waals surface area contributed by atoms with Gasteiger partial charge in [-0.15, -0.1) is 0 Å². The van der Waals surface area contributed by atoms with E-state index in [1.165, 1.54) is 69.8 Å². The maximum atomic E-state index is 12.7. The van der Waals surface area contributed by atoms with Gasteiger partial charge >= 0.3 is 0 Å². The Hall–Kier alpha value is -0.920. The van der Waals surface area contributed by atoms with E-state index >= 15 is 0 Å². The zero-order chi connectivity index (χ0) is 16.9. The van der Waals surface area contributed by atoms with Crippen molar-refractivity contribution in [2.75, 3.05) is 0 Å². The van der Waals surface area contributed by atoms with Crippen molar-refractivity contribution in [3.63, 3.8) is 0 Å². The van der Waals surface area contributed by atoms with E-state index < -0.39 is 6.43 Å². The molecule has 0 aromatic heterocycles. The van der Waals surface area contributed by atoms with Crippen LogP contribution in [-0.4, -0.2) is 0 Å². The molecule has 0 radical (unpaired) electrons. The molecule has 1 aromatic rings. The minimum atomic E-state index is -2.35. The summed E-state index contributed by atoms with van der Waals surface area (Å²) >= 11 is 0. The van der Waals surface area contributed by atoms with Gasteiger partial charge in [-0.3, -0.25) is 0 Å². The fraction of sp³-hybridized carbons (Fsp3) is 0.727. The summed E-state index contributed by atoms with van der Waals surface area (Å²) in [5.74, 6) is 3.46. The second-order valence-electron chi connectivity index (χ2n) is 8.15. The van der Waals surface area contributed by atoms with Crippen molar-refractivity contribution in [1.82, 2.24) is 0 Å². The molecule has 24 heavy (non-hydrogen) atoms. The summed E-state index contributed by atoms with van der Waals surface area (Å²) in [6.45, 7) is 2.31. The second-order valence-corrected chi connectivity index (χ2v) is 8.15. The van der Waals surface area contributed by atoms with E-state index in [9.17, 15) is 8.78 Å². The molecule has 0 saturated heterocycles. The third-order valence-corrected chi connectivity index (χ3v) is 6.69. The summed E-state index contributed by atoms with van der Waals surface area (Å²) in [6.07, 6.45) is 11.4. The van der Waals surface area contributed by atoms with E-state index in [-0.39, 0.29) is 5.56 Å². The quantitative estimate of drug-likeness (QED) is 0.523. The molecule has 0 nitrogen and oxygen atoms in total. The van der Waals surface area contributed by atoms with Gasteiger partial charge in [0.2, 0.25) is 0 Å². The summed E-state index contributed by atoms with van der Waals surface area (Å²) in [7, 11) is 0. The lowest BCUT2D eigenvalue weighted by molar-refractivity contribution is 0.151. The molecule has 0 atom stereocenters. The molecule has 2 aliphatic rings. The van der Waals surface area contributed by atoms with Crippen molar-refractivity contribution in [2.24, 2.45) is 17.8 Å². The van der Waals surface area contributed by atoms with Gasteiger partial charge in [0.05, 0.1) is 0 Å². The average molecular weight is 334 g/mol. The molecule has 3 rings (SSSR count). The third-order valence-electron chi connectivity index (χ3n) is 6.69. The van der Waals surface area contributed by atoms with Crippen LogP contribution >= 0.6 is 0 Å². The predicted octanol–water partition coefficient (Wildman–Crippen LogP) is 7.50. The zero-order valence-corrected chi connectivity index (χ0v) is 15.0. The molecule has 0 spiro atoms. The maximum absolute atomic E-state index is 12.7. The van der Waals surface area contributed by atoms with Crippen molar-refractivity contribution in [2.45, 2.75) is 83.5 Å². The first-order valence-corrected chi connectivity index (χ1v) is 10.0. The summed E-state index contributed by atoms with van der Waals surface area (Å²) in [4.78, 5) is 0. The van der Waals surface area contributed by atoms with Crippen LogP contribution in [0.25, 0.3) is 0 Å². The van der Waals surface area contributed by atoms with Gasteiger partial charge in [-0.25, -0.2) is 8.78 Å². The highest BCUT2D eigenvalue weighted by molar-refractivity contribution is 5.26. The summed E-state index contributed by atoms with van der Waals surface area (Å²) in [5.41, 5.74) is 1.42. The molecule has 2 heteroatoms. The molecular formula is C22H32F2. The lowest BCUT2D eigenvalue weighted by Gasteiger charge is -2.38. The Morgan fingerprint density at radius 3 is 1.88 bits per heavy atom. The van der Waals surface area contributed by atoms with Crippen LogP contribution in [0.2, 0.25) is 0 Å². The average Bonchev–Trinajstić information content (AvgIpc) is 2.63. The van der Waals surface area contributed by atoms with Crippen LogP contribution in [0.4, 0.5) is 8.78 Å². The molecule has 2 saturated carbocycles. The van der Waals surface area contributed by atoms with E-state index in [0.29, 0.717) is 5.92 Å². The number of hydrogen-bond acceptors (Lipinski definition) is 0. The van der Waals surface area contributed by atoms with Crippen LogP contribution in [0, 0.1) is 17.8 Å². The number of hydrogen-bond donors (Lipinski definition) is 0. The minimum Gasteiger partial charge on any atom is -0.205 e. The Kier molecular flexibility index (Phi) is 6.30. The van der Waals surface area contributed by atoms with Gasteiger partial charge in [-0.2, -0.15) is 0 Å². The van der Waals surface area contributed by atoms with Crippen LogP contribution in [0.1, 0.15) is 94.6 Å². The van der Waals surface area contributed by atoms with Gasteiger partial charge in [0, 0.05) is 5.56 Å². The molecule has 0 heterocycles. The van der Waals surface area contributed by atoms with Crippen LogP contribution in [0.3, 0.4) is 0 Å². The normalized spacial score (nSPS) is 31.3. The SMILES string of the molecule is CCCC1CCC(C2CCC(c3ccc(C(F)F)cc3)CC2)CC1. The van der Waals surface area contributed by atoms with E-state index in [2.05, 4.69) is 6.92 Å². The van der Waals surface area contributed by atoms with Crippen LogP contribution < -0.4 is 0 Å². The summed E-state index contributed by atoms with van der Waals surface area (Å²) < 4.78 is 25.3. The fourth-order valence-corrected chi connectivity index (χ4v) is 5.19. The van der Waals surface area contributed by atoms with Crippen molar-refractivity contribution in [3.05, 3.63) is 35.4 Å². The Bertz CT molecular complexity index is 477. The number of benzene rings is 1. The number of alkyl halides is 2. The van der Waals surface area contributed by atoms with Crippen LogP contribution in [0.5, 0.6) is 0 Å². The molecule has 0 N–H and O–H groups in total. The molecule has 2 fully saturated rings. The molecule has 134 valence electrons. The van der Waals surface area contributed by atoms with Crippen LogP contribution in [0.15, 0.2) is 24.3 Å². The highest BCUT2D eigenvalue weighted by Crippen LogP contribution is 2.44. The topological polar surface area (TPSA) is 0 Å². The zero-order valence-electron chi connectivity index (χ0n) is 15.0. The Balaban J connectivity index is 1.47. The lowest BCUT2D eigenvalue weighted by atomic mass is 9.68. The standard InChI is InChI=1S/C22H32F2/c1-2-3-16-4-6-17(7-5-16)18-8-10-19(11-9-18)20-12-14-21(15-13-20)22(23)24/h12-19,22H,2-11H2,1H3. The van der Waals surface area contributed by atoms with Gasteiger partial charge in [-0.05, 0) is 67.8 Å². The Labute approximate surface area is 146 Å². The molecule has 2 aliphatic carbocycles. The Morgan fingerprint density at radius 1 is 0.833 bits per heavy atom. The molecular weight excluding hydrogens is 302 g/mol. The summed E-state index contributed by atoms with van der Waals surface area (Å²) in [6, 6.07) is 7.09. The number of rotatable bonds is 5. The monoisotopic (exact) mass is 334 g/mol. The third kappa shape index (κ3) is 4.37. The number of halogens is 2. The smallest absolute Gasteiger partial charge is 0.205 e. The fourth-order valence-electron chi connectivity index (χ4n) is 5.19. The van der Waals surface area contributed by atoms with Gasteiger partial charge < -0.3 is 0 Å². The second kappa shape index (κ2) is 8.45. The van der Waals surface area contributed by atoms with E-state index in [0.717, 1.165) is 17.8 Å². The first-order valence-electron chi connectivity index (χ1n) is 10.0. The van der Waals surface area contributed by atoms with Gasteiger partial charge in [0.15, 0.2) is 0 Å². The predicted molar refractivity (Wildman–Crippen MR) is 96.5 cm³/mol. The van der Waals surface area contributed by atoms with Crippen LogP contribution in [-0.2, 0) is 0 Å². The first-order chi connectivity index (χ1) is 11.7. The van der Waals surface area contributed by atoms with Gasteiger partial charge in [0.1, 0.15) is 0 Å². The van der Waals surface area contributed by atoms with Crippen molar-refractivity contribution in [3.8, 4) is 0 Å². The molecule has 0 aliphatic heterocycles. The molecule has 1 aromatic carbocycles. The highest BCUT2D eigenvalue weighted by atomic mass is 19.3. The van der Waals surface area contributed by atoms with Gasteiger partial charge in [0.25, 0.3) is 6.43 Å². The van der Waals surface area contributed by atoms with Gasteiger partial charge in [-0.1, -0.05) is 56.9 Å². The highest BCUT2D eigenvalue weighted by Gasteiger charge is 2.31. The Morgan fingerprint density at radius 2 is 1.38 bits per heavy atom. The summed E-state index contributed by atoms with van der Waals surface area (Å²) in [5, 5.41) is 0. The molecule has 0 bridgehead atoms. The van der Waals surface area contributed by atoms with Crippen molar-refractivity contribution in [1.29, 1.82) is 0 Å². The van der Waals surface area contributed by atoms with Crippen molar-refractivity contribution < 1.29 is 8.78 Å². The lowest BCUT2D eigenvalue weighted by Crippen LogP contribution is -2.25. The minimum absolute atomic E-state index is 0.149. The van der Waals surface area contributed by atoms with E-state index in [4.69, 9.17) is 0 Å². The molecule has 0 unspecified atom stereocenters. The molecule has 0 amide bonds. The largest absolute Gasteiger partial charge is 0.263 e. The maximum Gasteiger partial charge on any atom is 0.263 e.